The van der Waals surface area contributed by atoms with Gasteiger partial charge < -0.3 is 5.11 Å². The number of ketones is 2. The summed E-state index contributed by atoms with van der Waals surface area (Å²) in [5.41, 5.74) is 0.596. The van der Waals surface area contributed by atoms with Crippen molar-refractivity contribution in [3.8, 4) is 5.88 Å². The molecule has 2 aromatic carbocycles. The average Bonchev–Trinajstić information content (AvgIpc) is 2.70. The molecule has 0 unspecified atom stereocenters. The van der Waals surface area contributed by atoms with Crippen LogP contribution < -0.4 is 5.56 Å². The summed E-state index contributed by atoms with van der Waals surface area (Å²) in [7, 11) is 1.49. The van der Waals surface area contributed by atoms with Crippen LogP contribution in [0.15, 0.2) is 52.3 Å². The van der Waals surface area contributed by atoms with Crippen LogP contribution in [0.2, 0.25) is 0 Å². The van der Waals surface area contributed by atoms with Gasteiger partial charge in [-0.05, 0) is 18.3 Å². The highest BCUT2D eigenvalue weighted by Crippen LogP contribution is 2.33. The number of nitrogens with zero attached hydrogens (tertiary/aromatic N) is 2. The van der Waals surface area contributed by atoms with E-state index in [2.05, 4.69) is 9.98 Å². The lowest BCUT2D eigenvalue weighted by molar-refractivity contribution is 0.0979. The normalized spacial score (nSPS) is 12.9. The summed E-state index contributed by atoms with van der Waals surface area (Å²) in [5.74, 6) is -0.928. The molecule has 0 bridgehead atoms. The molecule has 0 saturated carbocycles. The third-order valence-electron chi connectivity index (χ3n) is 4.59. The Balaban J connectivity index is 1.87. The number of aromatic amines is 1. The van der Waals surface area contributed by atoms with Gasteiger partial charge in [-0.2, -0.15) is 0 Å². The number of aliphatic imine (C=N–C) groups is 1. The number of aromatic nitrogens is 2. The molecule has 1 aliphatic rings. The van der Waals surface area contributed by atoms with Gasteiger partial charge in [0.15, 0.2) is 16.3 Å². The maximum absolute atomic E-state index is 13.0. The van der Waals surface area contributed by atoms with E-state index in [-0.39, 0.29) is 44.6 Å². The molecule has 0 fully saturated rings. The van der Waals surface area contributed by atoms with Crippen molar-refractivity contribution in [3.63, 3.8) is 0 Å². The van der Waals surface area contributed by atoms with Crippen LogP contribution in [0.3, 0.4) is 0 Å². The van der Waals surface area contributed by atoms with Gasteiger partial charge in [0.25, 0.3) is 5.56 Å². The SMILES string of the molecule is Cn1c(O)c(C=Nc2cccc3c2C(=O)c2ccccc2C3=O)c(=O)[nH]c1=S. The summed E-state index contributed by atoms with van der Waals surface area (Å²) in [4.78, 5) is 44.4. The second-order valence-electron chi connectivity index (χ2n) is 6.22. The summed E-state index contributed by atoms with van der Waals surface area (Å²) in [5, 5.41) is 10.2. The zero-order valence-electron chi connectivity index (χ0n) is 14.6. The Labute approximate surface area is 163 Å². The van der Waals surface area contributed by atoms with E-state index in [1.807, 2.05) is 0 Å². The molecule has 2 N–H and O–H groups in total. The van der Waals surface area contributed by atoms with Crippen molar-refractivity contribution in [3.05, 3.63) is 85.4 Å². The van der Waals surface area contributed by atoms with Crippen molar-refractivity contribution in [2.45, 2.75) is 0 Å². The third-order valence-corrected chi connectivity index (χ3v) is 4.97. The minimum atomic E-state index is -0.609. The fourth-order valence-electron chi connectivity index (χ4n) is 3.11. The minimum Gasteiger partial charge on any atom is -0.494 e. The number of nitrogens with one attached hydrogen (secondary N) is 1. The van der Waals surface area contributed by atoms with E-state index in [4.69, 9.17) is 12.2 Å². The summed E-state index contributed by atoms with van der Waals surface area (Å²) in [6, 6.07) is 11.4. The quantitative estimate of drug-likeness (QED) is 0.404. The van der Waals surface area contributed by atoms with Gasteiger partial charge >= 0.3 is 0 Å². The lowest BCUT2D eigenvalue weighted by Crippen LogP contribution is -2.21. The highest BCUT2D eigenvalue weighted by molar-refractivity contribution is 7.71. The van der Waals surface area contributed by atoms with Gasteiger partial charge in [0.1, 0.15) is 5.56 Å². The van der Waals surface area contributed by atoms with Crippen LogP contribution in [0.1, 0.15) is 37.4 Å². The Bertz CT molecular complexity index is 1320. The number of fused-ring (bicyclic) bond motifs is 2. The van der Waals surface area contributed by atoms with E-state index in [1.165, 1.54) is 11.6 Å². The second kappa shape index (κ2) is 6.50. The first-order chi connectivity index (χ1) is 13.4. The molecule has 28 heavy (non-hydrogen) atoms. The summed E-state index contributed by atoms with van der Waals surface area (Å²) in [6.07, 6.45) is 1.15. The molecule has 8 heteroatoms. The van der Waals surface area contributed by atoms with Gasteiger partial charge in [0.2, 0.25) is 5.88 Å². The van der Waals surface area contributed by atoms with Crippen LogP contribution in [0.5, 0.6) is 5.88 Å². The van der Waals surface area contributed by atoms with E-state index in [0.29, 0.717) is 11.1 Å². The first kappa shape index (κ1) is 17.7. The van der Waals surface area contributed by atoms with Crippen LogP contribution in [0.4, 0.5) is 5.69 Å². The van der Waals surface area contributed by atoms with Gasteiger partial charge in [-0.15, -0.1) is 0 Å². The van der Waals surface area contributed by atoms with E-state index in [1.54, 1.807) is 42.5 Å². The van der Waals surface area contributed by atoms with Crippen molar-refractivity contribution >= 4 is 35.7 Å². The number of hydrogen-bond donors (Lipinski definition) is 2. The molecule has 0 atom stereocenters. The van der Waals surface area contributed by atoms with Crippen LogP contribution in [0, 0.1) is 4.77 Å². The van der Waals surface area contributed by atoms with Crippen molar-refractivity contribution < 1.29 is 14.7 Å². The zero-order chi connectivity index (χ0) is 20.0. The highest BCUT2D eigenvalue weighted by Gasteiger charge is 2.31. The zero-order valence-corrected chi connectivity index (χ0v) is 15.4. The van der Waals surface area contributed by atoms with Gasteiger partial charge in [-0.25, -0.2) is 0 Å². The fourth-order valence-corrected chi connectivity index (χ4v) is 3.29. The molecule has 7 nitrogen and oxygen atoms in total. The largest absolute Gasteiger partial charge is 0.494 e. The van der Waals surface area contributed by atoms with Crippen LogP contribution >= 0.6 is 12.2 Å². The molecule has 3 aromatic rings. The van der Waals surface area contributed by atoms with E-state index >= 15 is 0 Å². The second-order valence-corrected chi connectivity index (χ2v) is 6.60. The van der Waals surface area contributed by atoms with Crippen molar-refractivity contribution in [2.75, 3.05) is 0 Å². The van der Waals surface area contributed by atoms with Crippen molar-refractivity contribution in [1.82, 2.24) is 9.55 Å². The van der Waals surface area contributed by atoms with Gasteiger partial charge in [0.05, 0.1) is 11.3 Å². The third kappa shape index (κ3) is 2.62. The Kier molecular flexibility index (Phi) is 4.12. The van der Waals surface area contributed by atoms with Crippen LogP contribution in [-0.2, 0) is 7.05 Å². The Morgan fingerprint density at radius 1 is 1.00 bits per heavy atom. The molecule has 0 spiro atoms. The maximum Gasteiger partial charge on any atom is 0.264 e. The van der Waals surface area contributed by atoms with Gasteiger partial charge in [-0.3, -0.25) is 28.9 Å². The first-order valence-electron chi connectivity index (χ1n) is 8.28. The van der Waals surface area contributed by atoms with Gasteiger partial charge in [0, 0.05) is 30.0 Å². The summed E-state index contributed by atoms with van der Waals surface area (Å²) >= 11 is 4.93. The first-order valence-corrected chi connectivity index (χ1v) is 8.68. The predicted molar refractivity (Wildman–Crippen MR) is 106 cm³/mol. The van der Waals surface area contributed by atoms with Crippen molar-refractivity contribution in [2.24, 2.45) is 12.0 Å². The number of benzene rings is 2. The van der Waals surface area contributed by atoms with Crippen molar-refractivity contribution in [1.29, 1.82) is 0 Å². The minimum absolute atomic E-state index is 0.0640. The number of H-pyrrole nitrogens is 1. The topological polar surface area (TPSA) is 105 Å². The molecule has 0 radical (unpaired) electrons. The highest BCUT2D eigenvalue weighted by atomic mass is 32.1. The maximum atomic E-state index is 13.0. The molecule has 0 aliphatic heterocycles. The monoisotopic (exact) mass is 391 g/mol. The number of hydrogen-bond acceptors (Lipinski definition) is 6. The molecule has 4 rings (SSSR count). The van der Waals surface area contributed by atoms with E-state index in [0.717, 1.165) is 6.21 Å². The average molecular weight is 391 g/mol. The van der Waals surface area contributed by atoms with Crippen LogP contribution in [-0.4, -0.2) is 32.4 Å². The molecule has 1 heterocycles. The number of aromatic hydroxyl groups is 1. The smallest absolute Gasteiger partial charge is 0.264 e. The number of carbonyl (C=O) groups is 2. The lowest BCUT2D eigenvalue weighted by Gasteiger charge is -2.18. The van der Waals surface area contributed by atoms with Gasteiger partial charge in [-0.1, -0.05) is 36.4 Å². The van der Waals surface area contributed by atoms with E-state index < -0.39 is 5.56 Å². The Hall–Kier alpha value is -3.65. The molecule has 1 aromatic heterocycles. The molecular formula is C20H13N3O4S. The molecule has 0 amide bonds. The molecule has 0 saturated heterocycles. The molecule has 138 valence electrons. The Morgan fingerprint density at radius 3 is 2.36 bits per heavy atom. The Morgan fingerprint density at radius 2 is 1.64 bits per heavy atom. The summed E-state index contributed by atoms with van der Waals surface area (Å²) in [6.45, 7) is 0. The van der Waals surface area contributed by atoms with E-state index in [9.17, 15) is 19.5 Å². The number of carbonyl (C=O) groups excluding carboxylic acids is 2. The predicted octanol–water partition coefficient (Wildman–Crippen LogP) is 2.67. The standard InChI is InChI=1S/C20H13N3O4S/c1-23-19(27)13(18(26)22-20(23)28)9-21-14-8-4-7-12-15(14)17(25)11-6-3-2-5-10(11)16(12)24/h2-9,27H,1H3,(H,22,26,28). The van der Waals surface area contributed by atoms with Crippen LogP contribution in [0.25, 0.3) is 0 Å². The lowest BCUT2D eigenvalue weighted by atomic mass is 9.83. The fraction of sp³-hybridized carbons (Fsp3) is 0.0500. The molecular weight excluding hydrogens is 378 g/mol. The number of rotatable bonds is 2. The summed E-state index contributed by atoms with van der Waals surface area (Å²) < 4.78 is 1.29. The molecule has 1 aliphatic carbocycles.